The second-order valence-electron chi connectivity index (χ2n) is 5.93. The van der Waals surface area contributed by atoms with Crippen molar-refractivity contribution in [2.45, 2.75) is 44.6 Å². The van der Waals surface area contributed by atoms with Crippen molar-refractivity contribution in [3.63, 3.8) is 0 Å². The summed E-state index contributed by atoms with van der Waals surface area (Å²) in [4.78, 5) is 0. The highest BCUT2D eigenvalue weighted by atomic mass is 16.3. The summed E-state index contributed by atoms with van der Waals surface area (Å²) in [6.07, 6.45) is 4.60. The van der Waals surface area contributed by atoms with Crippen LogP contribution in [0.1, 0.15) is 36.8 Å². The summed E-state index contributed by atoms with van der Waals surface area (Å²) in [5, 5.41) is 37.9. The maximum Gasteiger partial charge on any atom is 0.157 e. The highest BCUT2D eigenvalue weighted by Crippen LogP contribution is 2.25. The smallest absolute Gasteiger partial charge is 0.157 e. The van der Waals surface area contributed by atoms with Gasteiger partial charge in [0.05, 0.1) is 6.10 Å². The standard InChI is InChI=1S/C19H24O4/c20-16(11-7-15-8-12-18(22)19(23)13-15)4-2-1-3-14-5-9-17(21)10-6-14/h5-6,8-10,12-13,16,20-23H,1-4,7,11H2/t16-/m1/s1. The number of aliphatic hydroxyl groups excluding tert-OH is 1. The molecule has 0 saturated carbocycles. The van der Waals surface area contributed by atoms with Crippen LogP contribution < -0.4 is 0 Å². The van der Waals surface area contributed by atoms with Crippen molar-refractivity contribution in [3.8, 4) is 17.2 Å². The Labute approximate surface area is 136 Å². The summed E-state index contributed by atoms with van der Waals surface area (Å²) in [5.74, 6) is 0.0406. The Balaban J connectivity index is 1.64. The molecule has 0 radical (unpaired) electrons. The Bertz CT molecular complexity index is 607. The second kappa shape index (κ2) is 8.44. The molecule has 23 heavy (non-hydrogen) atoms. The van der Waals surface area contributed by atoms with E-state index in [1.165, 1.54) is 17.7 Å². The minimum atomic E-state index is -0.356. The third-order valence-corrected chi connectivity index (χ3v) is 4.00. The molecule has 0 fully saturated rings. The fourth-order valence-corrected chi connectivity index (χ4v) is 2.57. The maximum atomic E-state index is 10.0. The molecular formula is C19H24O4. The Morgan fingerprint density at radius 2 is 1.39 bits per heavy atom. The number of phenolic OH excluding ortho intramolecular Hbond substituents is 3. The normalized spacial score (nSPS) is 12.2. The van der Waals surface area contributed by atoms with E-state index in [4.69, 9.17) is 0 Å². The van der Waals surface area contributed by atoms with Gasteiger partial charge in [0.15, 0.2) is 11.5 Å². The molecule has 0 amide bonds. The van der Waals surface area contributed by atoms with Crippen LogP contribution in [0.3, 0.4) is 0 Å². The molecule has 0 bridgehead atoms. The number of hydrogen-bond acceptors (Lipinski definition) is 4. The first-order valence-corrected chi connectivity index (χ1v) is 8.01. The summed E-state index contributed by atoms with van der Waals surface area (Å²) in [6.45, 7) is 0. The Morgan fingerprint density at radius 1 is 0.696 bits per heavy atom. The third kappa shape index (κ3) is 5.83. The summed E-state index contributed by atoms with van der Waals surface area (Å²) < 4.78 is 0. The van der Waals surface area contributed by atoms with Crippen LogP contribution in [0.4, 0.5) is 0 Å². The largest absolute Gasteiger partial charge is 0.508 e. The Morgan fingerprint density at radius 3 is 2.09 bits per heavy atom. The first-order valence-electron chi connectivity index (χ1n) is 8.01. The molecule has 4 N–H and O–H groups in total. The van der Waals surface area contributed by atoms with Crippen molar-refractivity contribution < 1.29 is 20.4 Å². The zero-order chi connectivity index (χ0) is 16.7. The van der Waals surface area contributed by atoms with E-state index < -0.39 is 0 Å². The molecule has 124 valence electrons. The molecule has 0 spiro atoms. The predicted octanol–water partition coefficient (Wildman–Crippen LogP) is 3.51. The van der Waals surface area contributed by atoms with E-state index in [9.17, 15) is 20.4 Å². The molecule has 2 rings (SSSR count). The minimum absolute atomic E-state index is 0.120. The van der Waals surface area contributed by atoms with Crippen LogP contribution in [0.15, 0.2) is 42.5 Å². The fourth-order valence-electron chi connectivity index (χ4n) is 2.57. The average Bonchev–Trinajstić information content (AvgIpc) is 2.54. The van der Waals surface area contributed by atoms with E-state index in [0.717, 1.165) is 31.2 Å². The average molecular weight is 316 g/mol. The molecule has 0 aliphatic rings. The first kappa shape index (κ1) is 17.2. The van der Waals surface area contributed by atoms with Gasteiger partial charge in [-0.05, 0) is 67.5 Å². The second-order valence-corrected chi connectivity index (χ2v) is 5.93. The van der Waals surface area contributed by atoms with Crippen molar-refractivity contribution in [3.05, 3.63) is 53.6 Å². The van der Waals surface area contributed by atoms with Gasteiger partial charge >= 0.3 is 0 Å². The molecule has 0 aliphatic carbocycles. The zero-order valence-corrected chi connectivity index (χ0v) is 13.2. The van der Waals surface area contributed by atoms with Crippen LogP contribution in [0, 0.1) is 0 Å². The Kier molecular flexibility index (Phi) is 6.29. The molecule has 2 aromatic rings. The SMILES string of the molecule is Oc1ccc(CCCC[C@@H](O)CCc2ccc(O)c(O)c2)cc1. The van der Waals surface area contributed by atoms with E-state index in [1.54, 1.807) is 18.2 Å². The molecule has 1 atom stereocenters. The highest BCUT2D eigenvalue weighted by Gasteiger charge is 2.06. The lowest BCUT2D eigenvalue weighted by molar-refractivity contribution is 0.151. The lowest BCUT2D eigenvalue weighted by Gasteiger charge is -2.11. The molecule has 0 aliphatic heterocycles. The van der Waals surface area contributed by atoms with Crippen molar-refractivity contribution >= 4 is 0 Å². The number of phenols is 3. The van der Waals surface area contributed by atoms with Crippen LogP contribution in [0.2, 0.25) is 0 Å². The van der Waals surface area contributed by atoms with Gasteiger partial charge in [0.1, 0.15) is 5.75 Å². The maximum absolute atomic E-state index is 10.0. The molecule has 0 saturated heterocycles. The van der Waals surface area contributed by atoms with Gasteiger partial charge in [-0.2, -0.15) is 0 Å². The van der Waals surface area contributed by atoms with Crippen molar-refractivity contribution in [2.75, 3.05) is 0 Å². The van der Waals surface area contributed by atoms with Gasteiger partial charge in [0.2, 0.25) is 0 Å². The van der Waals surface area contributed by atoms with Crippen molar-refractivity contribution in [1.82, 2.24) is 0 Å². The van der Waals surface area contributed by atoms with Gasteiger partial charge < -0.3 is 20.4 Å². The van der Waals surface area contributed by atoms with E-state index in [1.807, 2.05) is 12.1 Å². The number of aromatic hydroxyl groups is 3. The van der Waals surface area contributed by atoms with E-state index in [-0.39, 0.29) is 23.4 Å². The van der Waals surface area contributed by atoms with Crippen LogP contribution in [-0.2, 0) is 12.8 Å². The predicted molar refractivity (Wildman–Crippen MR) is 89.8 cm³/mol. The number of hydrogen-bond donors (Lipinski definition) is 4. The monoisotopic (exact) mass is 316 g/mol. The van der Waals surface area contributed by atoms with E-state index >= 15 is 0 Å². The van der Waals surface area contributed by atoms with Crippen molar-refractivity contribution in [1.29, 1.82) is 0 Å². The summed E-state index contributed by atoms with van der Waals surface area (Å²) in [6, 6.07) is 12.0. The molecular weight excluding hydrogens is 292 g/mol. The summed E-state index contributed by atoms with van der Waals surface area (Å²) >= 11 is 0. The number of aliphatic hydroxyl groups is 1. The van der Waals surface area contributed by atoms with Crippen LogP contribution in [0.5, 0.6) is 17.2 Å². The topological polar surface area (TPSA) is 80.9 Å². The zero-order valence-electron chi connectivity index (χ0n) is 13.2. The van der Waals surface area contributed by atoms with Gasteiger partial charge in [0.25, 0.3) is 0 Å². The van der Waals surface area contributed by atoms with Gasteiger partial charge in [-0.1, -0.05) is 24.6 Å². The molecule has 0 heterocycles. The minimum Gasteiger partial charge on any atom is -0.508 e. The fraction of sp³-hybridized carbons (Fsp3) is 0.368. The molecule has 0 aromatic heterocycles. The quantitative estimate of drug-likeness (QED) is 0.444. The lowest BCUT2D eigenvalue weighted by atomic mass is 10.0. The van der Waals surface area contributed by atoms with Crippen LogP contribution >= 0.6 is 0 Å². The lowest BCUT2D eigenvalue weighted by Crippen LogP contribution is -2.08. The molecule has 4 heteroatoms. The summed E-state index contributed by atoms with van der Waals surface area (Å²) in [5.41, 5.74) is 2.10. The molecule has 0 unspecified atom stereocenters. The molecule has 4 nitrogen and oxygen atoms in total. The first-order chi connectivity index (χ1) is 11.0. The Hall–Kier alpha value is -2.20. The third-order valence-electron chi connectivity index (χ3n) is 4.00. The number of rotatable bonds is 8. The van der Waals surface area contributed by atoms with E-state index in [0.29, 0.717) is 12.8 Å². The van der Waals surface area contributed by atoms with Gasteiger partial charge in [0, 0.05) is 0 Å². The van der Waals surface area contributed by atoms with E-state index in [2.05, 4.69) is 0 Å². The summed E-state index contributed by atoms with van der Waals surface area (Å²) in [7, 11) is 0. The van der Waals surface area contributed by atoms with Gasteiger partial charge in [-0.25, -0.2) is 0 Å². The number of unbranched alkanes of at least 4 members (excludes halogenated alkanes) is 1. The number of benzene rings is 2. The number of aryl methyl sites for hydroxylation is 2. The van der Waals surface area contributed by atoms with Crippen LogP contribution in [-0.4, -0.2) is 26.5 Å². The molecule has 2 aromatic carbocycles. The van der Waals surface area contributed by atoms with Crippen molar-refractivity contribution in [2.24, 2.45) is 0 Å². The van der Waals surface area contributed by atoms with Crippen LogP contribution in [0.25, 0.3) is 0 Å². The highest BCUT2D eigenvalue weighted by molar-refractivity contribution is 5.40. The van der Waals surface area contributed by atoms with Gasteiger partial charge in [-0.15, -0.1) is 0 Å². The van der Waals surface area contributed by atoms with Gasteiger partial charge in [-0.3, -0.25) is 0 Å².